The van der Waals surface area contributed by atoms with E-state index in [-0.39, 0.29) is 11.7 Å². The number of para-hydroxylation sites is 2. The van der Waals surface area contributed by atoms with Crippen LogP contribution in [0, 0.1) is 12.7 Å². The molecule has 3 rings (SSSR count). The van der Waals surface area contributed by atoms with Crippen LogP contribution < -0.4 is 14.8 Å². The Labute approximate surface area is 151 Å². The average Bonchev–Trinajstić information content (AvgIpc) is 2.98. The van der Waals surface area contributed by atoms with Crippen LogP contribution in [0.25, 0.3) is 10.9 Å². The lowest BCUT2D eigenvalue weighted by atomic mass is 10.1. The van der Waals surface area contributed by atoms with Crippen LogP contribution in [-0.2, 0) is 6.42 Å². The van der Waals surface area contributed by atoms with Gasteiger partial charge in [0.05, 0.1) is 25.3 Å². The SMILES string of the molecule is COc1cccc(C(=O)NCCc2c(C)[nH]c3c(F)cccc23)c1OC. The number of hydrogen-bond acceptors (Lipinski definition) is 3. The highest BCUT2D eigenvalue weighted by molar-refractivity contribution is 5.97. The third kappa shape index (κ3) is 3.22. The number of amides is 1. The first-order valence-electron chi connectivity index (χ1n) is 8.31. The smallest absolute Gasteiger partial charge is 0.255 e. The summed E-state index contributed by atoms with van der Waals surface area (Å²) in [6.07, 6.45) is 0.591. The van der Waals surface area contributed by atoms with Crippen molar-refractivity contribution in [3.63, 3.8) is 0 Å². The van der Waals surface area contributed by atoms with Crippen molar-refractivity contribution >= 4 is 16.8 Å². The lowest BCUT2D eigenvalue weighted by molar-refractivity contribution is 0.0950. The third-order valence-corrected chi connectivity index (χ3v) is 4.41. The minimum absolute atomic E-state index is 0.246. The molecule has 0 atom stereocenters. The molecule has 136 valence electrons. The fourth-order valence-electron chi connectivity index (χ4n) is 3.15. The Kier molecular flexibility index (Phi) is 5.11. The van der Waals surface area contributed by atoms with Crippen LogP contribution in [0.1, 0.15) is 21.6 Å². The summed E-state index contributed by atoms with van der Waals surface area (Å²) in [5.41, 5.74) is 2.81. The molecule has 2 aromatic carbocycles. The standard InChI is InChI=1S/C20H21FN2O3/c1-12-13(14-6-4-8-16(21)18(14)23-12)10-11-22-20(24)15-7-5-9-17(25-2)19(15)26-3/h4-9,23H,10-11H2,1-3H3,(H,22,24). The predicted molar refractivity (Wildman–Crippen MR) is 98.6 cm³/mol. The number of aromatic nitrogens is 1. The first kappa shape index (κ1) is 17.8. The Morgan fingerprint density at radius 2 is 1.92 bits per heavy atom. The highest BCUT2D eigenvalue weighted by Crippen LogP contribution is 2.30. The van der Waals surface area contributed by atoms with Gasteiger partial charge in [0.2, 0.25) is 0 Å². The summed E-state index contributed by atoms with van der Waals surface area (Å²) in [5.74, 6) is 0.382. The first-order chi connectivity index (χ1) is 12.6. The van der Waals surface area contributed by atoms with Gasteiger partial charge in [-0.2, -0.15) is 0 Å². The summed E-state index contributed by atoms with van der Waals surface area (Å²) >= 11 is 0. The molecule has 0 fully saturated rings. The van der Waals surface area contributed by atoms with E-state index in [1.165, 1.54) is 20.3 Å². The van der Waals surface area contributed by atoms with E-state index in [9.17, 15) is 9.18 Å². The van der Waals surface area contributed by atoms with E-state index in [0.717, 1.165) is 16.6 Å². The second kappa shape index (κ2) is 7.47. The number of halogens is 1. The molecular weight excluding hydrogens is 335 g/mol. The Balaban J connectivity index is 1.74. The van der Waals surface area contributed by atoms with Crippen molar-refractivity contribution in [1.29, 1.82) is 0 Å². The molecule has 6 heteroatoms. The minimum Gasteiger partial charge on any atom is -0.493 e. The van der Waals surface area contributed by atoms with E-state index in [1.54, 1.807) is 24.3 Å². The molecule has 0 saturated heterocycles. The summed E-state index contributed by atoms with van der Waals surface area (Å²) in [5, 5.41) is 3.73. The molecule has 0 bridgehead atoms. The van der Waals surface area contributed by atoms with E-state index < -0.39 is 0 Å². The van der Waals surface area contributed by atoms with E-state index in [0.29, 0.717) is 35.5 Å². The van der Waals surface area contributed by atoms with Crippen molar-refractivity contribution in [2.75, 3.05) is 20.8 Å². The summed E-state index contributed by atoms with van der Waals surface area (Å²) < 4.78 is 24.4. The Bertz CT molecular complexity index is 950. The molecule has 0 unspecified atom stereocenters. The van der Waals surface area contributed by atoms with Gasteiger partial charge in [0.25, 0.3) is 5.91 Å². The van der Waals surface area contributed by atoms with E-state index in [2.05, 4.69) is 10.3 Å². The fraction of sp³-hybridized carbons (Fsp3) is 0.250. The molecule has 0 radical (unpaired) electrons. The molecule has 1 amide bonds. The van der Waals surface area contributed by atoms with Gasteiger partial charge in [-0.1, -0.05) is 18.2 Å². The van der Waals surface area contributed by atoms with Crippen LogP contribution >= 0.6 is 0 Å². The second-order valence-electron chi connectivity index (χ2n) is 5.94. The van der Waals surface area contributed by atoms with Gasteiger partial charge in [0.15, 0.2) is 11.5 Å². The molecule has 1 aromatic heterocycles. The van der Waals surface area contributed by atoms with Crippen molar-refractivity contribution in [3.05, 3.63) is 59.0 Å². The molecule has 0 aliphatic rings. The molecule has 26 heavy (non-hydrogen) atoms. The van der Waals surface area contributed by atoms with Gasteiger partial charge in [-0.05, 0) is 37.1 Å². The molecule has 0 aliphatic heterocycles. The number of H-pyrrole nitrogens is 1. The predicted octanol–water partition coefficient (Wildman–Crippen LogP) is 3.61. The van der Waals surface area contributed by atoms with Crippen LogP contribution in [-0.4, -0.2) is 31.7 Å². The van der Waals surface area contributed by atoms with Gasteiger partial charge >= 0.3 is 0 Å². The number of carbonyl (C=O) groups excluding carboxylic acids is 1. The summed E-state index contributed by atoms with van der Waals surface area (Å²) in [4.78, 5) is 15.6. The number of ether oxygens (including phenoxy) is 2. The van der Waals surface area contributed by atoms with Crippen LogP contribution in [0.3, 0.4) is 0 Å². The van der Waals surface area contributed by atoms with Gasteiger partial charge in [-0.25, -0.2) is 4.39 Å². The molecule has 5 nitrogen and oxygen atoms in total. The van der Waals surface area contributed by atoms with Crippen LogP contribution in [0.15, 0.2) is 36.4 Å². The van der Waals surface area contributed by atoms with Crippen molar-refractivity contribution in [2.45, 2.75) is 13.3 Å². The van der Waals surface area contributed by atoms with Gasteiger partial charge in [-0.15, -0.1) is 0 Å². The van der Waals surface area contributed by atoms with Gasteiger partial charge in [-0.3, -0.25) is 4.79 Å². The van der Waals surface area contributed by atoms with E-state index in [1.807, 2.05) is 13.0 Å². The number of benzene rings is 2. The first-order valence-corrected chi connectivity index (χ1v) is 8.31. The quantitative estimate of drug-likeness (QED) is 0.709. The Morgan fingerprint density at radius 3 is 2.65 bits per heavy atom. The van der Waals surface area contributed by atoms with Gasteiger partial charge < -0.3 is 19.8 Å². The largest absolute Gasteiger partial charge is 0.493 e. The zero-order valence-electron chi connectivity index (χ0n) is 15.0. The third-order valence-electron chi connectivity index (χ3n) is 4.41. The highest BCUT2D eigenvalue weighted by Gasteiger charge is 2.17. The monoisotopic (exact) mass is 356 g/mol. The highest BCUT2D eigenvalue weighted by atomic mass is 19.1. The molecule has 1 heterocycles. The molecule has 0 saturated carbocycles. The Morgan fingerprint density at radius 1 is 1.15 bits per heavy atom. The molecule has 0 spiro atoms. The number of aromatic amines is 1. The number of methoxy groups -OCH3 is 2. The summed E-state index contributed by atoms with van der Waals surface area (Å²) in [7, 11) is 3.02. The number of fused-ring (bicyclic) bond motifs is 1. The van der Waals surface area contributed by atoms with Gasteiger partial charge in [0, 0.05) is 17.6 Å². The zero-order chi connectivity index (χ0) is 18.7. The van der Waals surface area contributed by atoms with Crippen molar-refractivity contribution in [1.82, 2.24) is 10.3 Å². The molecule has 2 N–H and O–H groups in total. The molecule has 0 aliphatic carbocycles. The molecular formula is C20H21FN2O3. The minimum atomic E-state index is -0.276. The second-order valence-corrected chi connectivity index (χ2v) is 5.94. The Hall–Kier alpha value is -3.02. The van der Waals surface area contributed by atoms with Crippen LogP contribution in [0.2, 0.25) is 0 Å². The number of nitrogens with one attached hydrogen (secondary N) is 2. The van der Waals surface area contributed by atoms with Gasteiger partial charge in [0.1, 0.15) is 5.82 Å². The van der Waals surface area contributed by atoms with Crippen LogP contribution in [0.4, 0.5) is 4.39 Å². The topological polar surface area (TPSA) is 63.3 Å². The van der Waals surface area contributed by atoms with E-state index in [4.69, 9.17) is 9.47 Å². The zero-order valence-corrected chi connectivity index (χ0v) is 15.0. The maximum absolute atomic E-state index is 13.9. The maximum Gasteiger partial charge on any atom is 0.255 e. The van der Waals surface area contributed by atoms with Crippen molar-refractivity contribution < 1.29 is 18.7 Å². The number of hydrogen-bond donors (Lipinski definition) is 2. The number of aryl methyl sites for hydroxylation is 1. The number of rotatable bonds is 6. The fourth-order valence-corrected chi connectivity index (χ4v) is 3.15. The maximum atomic E-state index is 13.9. The summed E-state index contributed by atoms with van der Waals surface area (Å²) in [6, 6.07) is 10.2. The van der Waals surface area contributed by atoms with Crippen molar-refractivity contribution in [3.8, 4) is 11.5 Å². The van der Waals surface area contributed by atoms with E-state index >= 15 is 0 Å². The number of carbonyl (C=O) groups is 1. The lowest BCUT2D eigenvalue weighted by Gasteiger charge is -2.12. The average molecular weight is 356 g/mol. The van der Waals surface area contributed by atoms with Crippen LogP contribution in [0.5, 0.6) is 11.5 Å². The molecule has 3 aromatic rings. The van der Waals surface area contributed by atoms with Crippen molar-refractivity contribution in [2.24, 2.45) is 0 Å². The normalized spacial score (nSPS) is 10.8. The lowest BCUT2D eigenvalue weighted by Crippen LogP contribution is -2.26. The summed E-state index contributed by atoms with van der Waals surface area (Å²) in [6.45, 7) is 2.32.